The van der Waals surface area contributed by atoms with Gasteiger partial charge in [-0.05, 0) is 12.5 Å². The third kappa shape index (κ3) is 2.50. The molecule has 1 N–H and O–H groups in total. The average Bonchev–Trinajstić information content (AvgIpc) is 3.15. The van der Waals surface area contributed by atoms with Crippen LogP contribution in [0.3, 0.4) is 0 Å². The van der Waals surface area contributed by atoms with Gasteiger partial charge in [-0.25, -0.2) is 9.97 Å². The molecule has 3 aromatic heterocycles. The first-order valence-electron chi connectivity index (χ1n) is 7.03. The van der Waals surface area contributed by atoms with Gasteiger partial charge in [0, 0.05) is 23.3 Å². The molecule has 0 saturated heterocycles. The van der Waals surface area contributed by atoms with Crippen LogP contribution in [0.1, 0.15) is 32.2 Å². The first-order valence-corrected chi connectivity index (χ1v) is 7.03. The molecule has 0 spiro atoms. The van der Waals surface area contributed by atoms with Gasteiger partial charge in [-0.3, -0.25) is 4.68 Å². The zero-order valence-electron chi connectivity index (χ0n) is 11.8. The lowest BCUT2D eigenvalue weighted by Crippen LogP contribution is -2.08. The summed E-state index contributed by atoms with van der Waals surface area (Å²) < 4.78 is 1.88. The molecule has 21 heavy (non-hydrogen) atoms. The Bertz CT molecular complexity index is 779. The summed E-state index contributed by atoms with van der Waals surface area (Å²) in [5.74, 6) is 0. The highest BCUT2D eigenvalue weighted by atomic mass is 15.3. The first-order chi connectivity index (χ1) is 10.3. The van der Waals surface area contributed by atoms with Crippen molar-refractivity contribution in [3.05, 3.63) is 31.0 Å². The summed E-state index contributed by atoms with van der Waals surface area (Å²) in [5, 5.41) is 14.3. The van der Waals surface area contributed by atoms with E-state index >= 15 is 0 Å². The Balaban J connectivity index is 1.98. The second-order valence-electron chi connectivity index (χ2n) is 4.98. The molecule has 3 rings (SSSR count). The number of H-pyrrole nitrogens is 1. The van der Waals surface area contributed by atoms with Crippen molar-refractivity contribution in [2.75, 3.05) is 0 Å². The molecular formula is C15H16N6. The summed E-state index contributed by atoms with van der Waals surface area (Å²) in [4.78, 5) is 11.6. The molecule has 3 aromatic rings. The van der Waals surface area contributed by atoms with E-state index in [1.807, 2.05) is 23.1 Å². The van der Waals surface area contributed by atoms with E-state index in [1.165, 1.54) is 0 Å². The Hall–Kier alpha value is -2.68. The van der Waals surface area contributed by atoms with Gasteiger partial charge in [-0.1, -0.05) is 13.3 Å². The standard InChI is InChI=1S/C15H16N6/c1-2-3-12(4-6-16)21-9-11(8-20-21)14-13-5-7-17-15(13)19-10-18-14/h5,7-10,12H,2-4H2,1H3,(H,17,18,19)/t12-/m0/s1. The molecule has 0 fully saturated rings. The zero-order chi connectivity index (χ0) is 14.7. The monoisotopic (exact) mass is 280 g/mol. The van der Waals surface area contributed by atoms with E-state index in [4.69, 9.17) is 5.26 Å². The molecule has 0 unspecified atom stereocenters. The predicted molar refractivity (Wildman–Crippen MR) is 79.3 cm³/mol. The third-order valence-electron chi connectivity index (χ3n) is 3.55. The maximum atomic E-state index is 8.95. The molecule has 0 aromatic carbocycles. The van der Waals surface area contributed by atoms with Crippen LogP contribution in [0.15, 0.2) is 31.0 Å². The maximum Gasteiger partial charge on any atom is 0.141 e. The van der Waals surface area contributed by atoms with Crippen molar-refractivity contribution in [2.45, 2.75) is 32.2 Å². The van der Waals surface area contributed by atoms with Gasteiger partial charge in [0.25, 0.3) is 0 Å². The summed E-state index contributed by atoms with van der Waals surface area (Å²) in [6.45, 7) is 2.11. The molecule has 1 atom stereocenters. The predicted octanol–water partition coefficient (Wildman–Crippen LogP) is 3.08. The fourth-order valence-electron chi connectivity index (χ4n) is 2.53. The SMILES string of the molecule is CCC[C@@H](CC#N)n1cc(-c2ncnc3[nH]ccc23)cn1. The molecule has 6 nitrogen and oxygen atoms in total. The third-order valence-corrected chi connectivity index (χ3v) is 3.55. The van der Waals surface area contributed by atoms with E-state index < -0.39 is 0 Å². The van der Waals surface area contributed by atoms with Crippen molar-refractivity contribution in [2.24, 2.45) is 0 Å². The minimum atomic E-state index is 0.123. The van der Waals surface area contributed by atoms with Gasteiger partial charge >= 0.3 is 0 Å². The number of hydrogen-bond donors (Lipinski definition) is 1. The lowest BCUT2D eigenvalue weighted by atomic mass is 10.1. The van der Waals surface area contributed by atoms with Crippen LogP contribution in [0.25, 0.3) is 22.3 Å². The van der Waals surface area contributed by atoms with E-state index in [0.717, 1.165) is 35.1 Å². The van der Waals surface area contributed by atoms with Gasteiger partial charge in [0.2, 0.25) is 0 Å². The maximum absolute atomic E-state index is 8.95. The Kier molecular flexibility index (Phi) is 3.65. The van der Waals surface area contributed by atoms with E-state index in [1.54, 1.807) is 12.5 Å². The minimum absolute atomic E-state index is 0.123. The number of nitrogens with one attached hydrogen (secondary N) is 1. The fourth-order valence-corrected chi connectivity index (χ4v) is 2.53. The van der Waals surface area contributed by atoms with Crippen molar-refractivity contribution >= 4 is 11.0 Å². The Morgan fingerprint density at radius 3 is 3.14 bits per heavy atom. The highest BCUT2D eigenvalue weighted by Crippen LogP contribution is 2.26. The van der Waals surface area contributed by atoms with Gasteiger partial charge in [0.15, 0.2) is 0 Å². The van der Waals surface area contributed by atoms with Gasteiger partial charge in [-0.15, -0.1) is 0 Å². The van der Waals surface area contributed by atoms with Crippen molar-refractivity contribution < 1.29 is 0 Å². The molecule has 0 amide bonds. The molecule has 0 bridgehead atoms. The van der Waals surface area contributed by atoms with E-state index in [-0.39, 0.29) is 6.04 Å². The van der Waals surface area contributed by atoms with Crippen molar-refractivity contribution in [1.29, 1.82) is 5.26 Å². The Morgan fingerprint density at radius 2 is 2.33 bits per heavy atom. The fraction of sp³-hybridized carbons (Fsp3) is 0.333. The summed E-state index contributed by atoms with van der Waals surface area (Å²) in [7, 11) is 0. The van der Waals surface area contributed by atoms with Gasteiger partial charge in [-0.2, -0.15) is 10.4 Å². The molecule has 106 valence electrons. The van der Waals surface area contributed by atoms with Crippen LogP contribution in [0.2, 0.25) is 0 Å². The number of aromatic amines is 1. The number of hydrogen-bond acceptors (Lipinski definition) is 4. The largest absolute Gasteiger partial charge is 0.346 e. The number of nitrogens with zero attached hydrogens (tertiary/aromatic N) is 5. The van der Waals surface area contributed by atoms with Gasteiger partial charge < -0.3 is 4.98 Å². The van der Waals surface area contributed by atoms with Gasteiger partial charge in [0.05, 0.1) is 30.4 Å². The van der Waals surface area contributed by atoms with Crippen molar-refractivity contribution in [3.8, 4) is 17.3 Å². The highest BCUT2D eigenvalue weighted by Gasteiger charge is 2.14. The lowest BCUT2D eigenvalue weighted by molar-refractivity contribution is 0.428. The number of nitriles is 1. The molecule has 0 aliphatic carbocycles. The quantitative estimate of drug-likeness (QED) is 0.778. The van der Waals surface area contributed by atoms with Crippen LogP contribution >= 0.6 is 0 Å². The molecule has 0 radical (unpaired) electrons. The average molecular weight is 280 g/mol. The van der Waals surface area contributed by atoms with Crippen LogP contribution in [-0.2, 0) is 0 Å². The highest BCUT2D eigenvalue weighted by molar-refractivity contribution is 5.89. The zero-order valence-corrected chi connectivity index (χ0v) is 11.8. The molecule has 0 aliphatic heterocycles. The van der Waals surface area contributed by atoms with Crippen molar-refractivity contribution in [3.63, 3.8) is 0 Å². The molecule has 6 heteroatoms. The number of aromatic nitrogens is 5. The van der Waals surface area contributed by atoms with Crippen molar-refractivity contribution in [1.82, 2.24) is 24.7 Å². The molecule has 0 saturated carbocycles. The van der Waals surface area contributed by atoms with Crippen LogP contribution in [-0.4, -0.2) is 24.7 Å². The summed E-state index contributed by atoms with van der Waals surface area (Å²) in [6.07, 6.45) is 9.60. The van der Waals surface area contributed by atoms with Gasteiger partial charge in [0.1, 0.15) is 12.0 Å². The molecular weight excluding hydrogens is 264 g/mol. The topological polar surface area (TPSA) is 83.2 Å². The van der Waals surface area contributed by atoms with E-state index in [9.17, 15) is 0 Å². The van der Waals surface area contributed by atoms with Crippen LogP contribution < -0.4 is 0 Å². The van der Waals surface area contributed by atoms with E-state index in [2.05, 4.69) is 33.0 Å². The normalized spacial score (nSPS) is 12.4. The number of fused-ring (bicyclic) bond motifs is 1. The lowest BCUT2D eigenvalue weighted by Gasteiger charge is -2.12. The Morgan fingerprint density at radius 1 is 1.43 bits per heavy atom. The summed E-state index contributed by atoms with van der Waals surface area (Å²) >= 11 is 0. The first kappa shape index (κ1) is 13.3. The van der Waals surface area contributed by atoms with E-state index in [0.29, 0.717) is 6.42 Å². The van der Waals surface area contributed by atoms with Crippen LogP contribution in [0, 0.1) is 11.3 Å². The molecule has 0 aliphatic rings. The second kappa shape index (κ2) is 5.75. The summed E-state index contributed by atoms with van der Waals surface area (Å²) in [5.41, 5.74) is 2.62. The Labute approximate surface area is 122 Å². The smallest absolute Gasteiger partial charge is 0.141 e. The minimum Gasteiger partial charge on any atom is -0.346 e. The number of rotatable bonds is 5. The van der Waals surface area contributed by atoms with Crippen LogP contribution in [0.4, 0.5) is 0 Å². The van der Waals surface area contributed by atoms with Crippen LogP contribution in [0.5, 0.6) is 0 Å². The molecule has 3 heterocycles. The summed E-state index contributed by atoms with van der Waals surface area (Å²) in [6, 6.07) is 4.32. The second-order valence-corrected chi connectivity index (χ2v) is 4.98.